The third-order valence-electron chi connectivity index (χ3n) is 3.72. The summed E-state index contributed by atoms with van der Waals surface area (Å²) in [5, 5.41) is 2.67. The Hall–Kier alpha value is -2.71. The number of amides is 1. The highest BCUT2D eigenvalue weighted by molar-refractivity contribution is 7.89. The molecule has 25 heavy (non-hydrogen) atoms. The summed E-state index contributed by atoms with van der Waals surface area (Å²) in [6.45, 7) is 1.13. The maximum absolute atomic E-state index is 12.4. The van der Waals surface area contributed by atoms with Crippen molar-refractivity contribution < 1.29 is 22.7 Å². The van der Waals surface area contributed by atoms with Crippen LogP contribution in [0.5, 0.6) is 5.75 Å². The fourth-order valence-corrected chi connectivity index (χ4v) is 3.46. The summed E-state index contributed by atoms with van der Waals surface area (Å²) in [4.78, 5) is 23.4. The first-order valence-electron chi connectivity index (χ1n) is 7.54. The van der Waals surface area contributed by atoms with Crippen LogP contribution in [0.15, 0.2) is 53.4 Å². The molecule has 0 radical (unpaired) electrons. The Balaban J connectivity index is 1.74. The summed E-state index contributed by atoms with van der Waals surface area (Å²) in [7, 11) is -3.88. The molecule has 7 nitrogen and oxygen atoms in total. The number of carbonyl (C=O) groups excluding carboxylic acids is 2. The third kappa shape index (κ3) is 3.70. The Labute approximate surface area is 145 Å². The molecule has 8 heteroatoms. The van der Waals surface area contributed by atoms with Gasteiger partial charge in [0.25, 0.3) is 5.91 Å². The molecule has 130 valence electrons. The van der Waals surface area contributed by atoms with Crippen LogP contribution in [0.2, 0.25) is 0 Å². The molecule has 1 heterocycles. The number of Topliss-reactive ketones (excluding diaryl/α,β-unsaturated/α-hetero) is 1. The van der Waals surface area contributed by atoms with Gasteiger partial charge < -0.3 is 10.1 Å². The van der Waals surface area contributed by atoms with Gasteiger partial charge in [0, 0.05) is 5.56 Å². The minimum absolute atomic E-state index is 0.0446. The molecule has 1 aliphatic rings. The van der Waals surface area contributed by atoms with Gasteiger partial charge in [-0.3, -0.25) is 9.59 Å². The smallest absolute Gasteiger partial charge is 0.266 e. The number of anilines is 1. The number of sulfonamides is 1. The van der Waals surface area contributed by atoms with Gasteiger partial charge in [0.1, 0.15) is 5.75 Å². The molecule has 0 fully saturated rings. The average Bonchev–Trinajstić information content (AvgIpc) is 2.60. The first kappa shape index (κ1) is 17.1. The summed E-state index contributed by atoms with van der Waals surface area (Å²) in [6.07, 6.45) is -0.985. The van der Waals surface area contributed by atoms with E-state index in [1.165, 1.54) is 31.2 Å². The Morgan fingerprint density at radius 2 is 1.96 bits per heavy atom. The number of para-hydroxylation sites is 2. The number of carbonyl (C=O) groups is 2. The minimum atomic E-state index is -3.88. The van der Waals surface area contributed by atoms with Crippen molar-refractivity contribution in [3.63, 3.8) is 0 Å². The van der Waals surface area contributed by atoms with Crippen molar-refractivity contribution in [1.82, 2.24) is 4.72 Å². The molecule has 0 aromatic heterocycles. The number of rotatable bonds is 5. The predicted octanol–water partition coefficient (Wildman–Crippen LogP) is 1.57. The van der Waals surface area contributed by atoms with Gasteiger partial charge in [-0.05, 0) is 31.2 Å². The summed E-state index contributed by atoms with van der Waals surface area (Å²) in [5.74, 6) is -0.188. The monoisotopic (exact) mass is 360 g/mol. The van der Waals surface area contributed by atoms with Crippen molar-refractivity contribution in [2.75, 3.05) is 11.9 Å². The van der Waals surface area contributed by atoms with E-state index in [0.29, 0.717) is 17.0 Å². The zero-order valence-corrected chi connectivity index (χ0v) is 14.2. The van der Waals surface area contributed by atoms with E-state index in [1.807, 2.05) is 0 Å². The van der Waals surface area contributed by atoms with Crippen LogP contribution in [0.4, 0.5) is 5.69 Å². The van der Waals surface area contributed by atoms with E-state index in [9.17, 15) is 18.0 Å². The predicted molar refractivity (Wildman–Crippen MR) is 91.1 cm³/mol. The average molecular weight is 360 g/mol. The second-order valence-electron chi connectivity index (χ2n) is 5.53. The molecule has 0 bridgehead atoms. The van der Waals surface area contributed by atoms with Crippen LogP contribution in [0.25, 0.3) is 0 Å². The van der Waals surface area contributed by atoms with Crippen LogP contribution >= 0.6 is 0 Å². The van der Waals surface area contributed by atoms with Crippen LogP contribution in [-0.2, 0) is 14.8 Å². The van der Waals surface area contributed by atoms with E-state index in [1.54, 1.807) is 24.3 Å². The molecule has 3 rings (SSSR count). The fraction of sp³-hybridized carbons (Fsp3) is 0.176. The van der Waals surface area contributed by atoms with Gasteiger partial charge in [-0.1, -0.05) is 24.3 Å². The van der Waals surface area contributed by atoms with Crippen molar-refractivity contribution in [3.05, 3.63) is 54.1 Å². The van der Waals surface area contributed by atoms with E-state index < -0.39 is 22.0 Å². The van der Waals surface area contributed by atoms with Gasteiger partial charge in [-0.2, -0.15) is 0 Å². The van der Waals surface area contributed by atoms with Crippen LogP contribution in [0.1, 0.15) is 17.3 Å². The van der Waals surface area contributed by atoms with Crippen molar-refractivity contribution >= 4 is 27.4 Å². The molecule has 1 atom stereocenters. The van der Waals surface area contributed by atoms with Crippen LogP contribution in [-0.4, -0.2) is 32.8 Å². The van der Waals surface area contributed by atoms with Crippen molar-refractivity contribution in [1.29, 1.82) is 0 Å². The third-order valence-corrected chi connectivity index (χ3v) is 5.14. The molecule has 0 saturated heterocycles. The first-order valence-corrected chi connectivity index (χ1v) is 9.02. The number of ketones is 1. The maximum Gasteiger partial charge on any atom is 0.266 e. The molecule has 2 aromatic carbocycles. The molecule has 0 saturated carbocycles. The van der Waals surface area contributed by atoms with Gasteiger partial charge in [0.2, 0.25) is 10.0 Å². The van der Waals surface area contributed by atoms with E-state index in [2.05, 4.69) is 10.0 Å². The Morgan fingerprint density at radius 3 is 2.72 bits per heavy atom. The molecule has 0 aliphatic carbocycles. The SMILES string of the molecule is CC(=O)c1cccc(S(=O)(=O)NCC2Oc3ccccc3NC2=O)c1. The molecule has 2 aromatic rings. The lowest BCUT2D eigenvalue weighted by Gasteiger charge is -2.25. The number of ether oxygens (including phenoxy) is 1. The standard InChI is InChI=1S/C17H16N2O5S/c1-11(20)12-5-4-6-13(9-12)25(22,23)18-10-16-17(21)19-14-7-2-3-8-15(14)24-16/h2-9,16,18H,10H2,1H3,(H,19,21). The Morgan fingerprint density at radius 1 is 1.20 bits per heavy atom. The second kappa shape index (κ2) is 6.66. The number of nitrogens with one attached hydrogen (secondary N) is 2. The maximum atomic E-state index is 12.4. The van der Waals surface area contributed by atoms with Crippen LogP contribution < -0.4 is 14.8 Å². The topological polar surface area (TPSA) is 102 Å². The van der Waals surface area contributed by atoms with Gasteiger partial charge >= 0.3 is 0 Å². The molecule has 0 spiro atoms. The lowest BCUT2D eigenvalue weighted by atomic mass is 10.2. The van der Waals surface area contributed by atoms with Gasteiger partial charge in [0.15, 0.2) is 11.9 Å². The van der Waals surface area contributed by atoms with Crippen LogP contribution in [0.3, 0.4) is 0 Å². The molecular weight excluding hydrogens is 344 g/mol. The normalized spacial score (nSPS) is 16.5. The lowest BCUT2D eigenvalue weighted by Crippen LogP contribution is -2.45. The summed E-state index contributed by atoms with van der Waals surface area (Å²) in [5.41, 5.74) is 0.837. The number of hydrogen-bond donors (Lipinski definition) is 2. The van der Waals surface area contributed by atoms with Crippen LogP contribution in [0, 0.1) is 0 Å². The molecular formula is C17H16N2O5S. The second-order valence-corrected chi connectivity index (χ2v) is 7.29. The van der Waals surface area contributed by atoms with Crippen molar-refractivity contribution in [3.8, 4) is 5.75 Å². The van der Waals surface area contributed by atoms with E-state index in [4.69, 9.17) is 4.74 Å². The highest BCUT2D eigenvalue weighted by Gasteiger charge is 2.29. The minimum Gasteiger partial charge on any atom is -0.477 e. The molecule has 1 unspecified atom stereocenters. The summed E-state index contributed by atoms with van der Waals surface area (Å²) < 4.78 is 32.7. The highest BCUT2D eigenvalue weighted by Crippen LogP contribution is 2.28. The largest absolute Gasteiger partial charge is 0.477 e. The van der Waals surface area contributed by atoms with Gasteiger partial charge in [0.05, 0.1) is 17.1 Å². The van der Waals surface area contributed by atoms with Crippen molar-refractivity contribution in [2.24, 2.45) is 0 Å². The molecule has 2 N–H and O–H groups in total. The quantitative estimate of drug-likeness (QED) is 0.788. The van der Waals surface area contributed by atoms with E-state index in [-0.39, 0.29) is 17.2 Å². The van der Waals surface area contributed by atoms with E-state index in [0.717, 1.165) is 0 Å². The summed E-state index contributed by atoms with van der Waals surface area (Å²) in [6, 6.07) is 12.6. The summed E-state index contributed by atoms with van der Waals surface area (Å²) >= 11 is 0. The van der Waals surface area contributed by atoms with Crippen molar-refractivity contribution in [2.45, 2.75) is 17.9 Å². The first-order chi connectivity index (χ1) is 11.9. The lowest BCUT2D eigenvalue weighted by molar-refractivity contribution is -0.123. The molecule has 1 aliphatic heterocycles. The zero-order valence-electron chi connectivity index (χ0n) is 13.4. The fourth-order valence-electron chi connectivity index (χ4n) is 2.38. The number of benzene rings is 2. The zero-order chi connectivity index (χ0) is 18.0. The van der Waals surface area contributed by atoms with Gasteiger partial charge in [-0.25, -0.2) is 13.1 Å². The van der Waals surface area contributed by atoms with E-state index >= 15 is 0 Å². The van der Waals surface area contributed by atoms with Gasteiger partial charge in [-0.15, -0.1) is 0 Å². The number of fused-ring (bicyclic) bond motifs is 1. The Kier molecular flexibility index (Phi) is 4.56. The number of hydrogen-bond acceptors (Lipinski definition) is 5. The Bertz CT molecular complexity index is 940. The molecule has 1 amide bonds. The highest BCUT2D eigenvalue weighted by atomic mass is 32.2.